The predicted molar refractivity (Wildman–Crippen MR) is 112 cm³/mol. The van der Waals surface area contributed by atoms with Crippen LogP contribution in [0.1, 0.15) is 57.4 Å². The molecule has 3 aliphatic rings. The number of hydrogen-bond acceptors (Lipinski definition) is 2. The number of piperidine rings is 2. The number of hydrogen-bond donors (Lipinski definition) is 0. The van der Waals surface area contributed by atoms with Crippen LogP contribution >= 0.6 is 0 Å². The maximum Gasteiger partial charge on any atom is 0.137 e. The van der Waals surface area contributed by atoms with Gasteiger partial charge in [0.25, 0.3) is 0 Å². The van der Waals surface area contributed by atoms with Gasteiger partial charge in [-0.3, -0.25) is 4.79 Å². The second-order valence-corrected chi connectivity index (χ2v) is 7.81. The van der Waals surface area contributed by atoms with Gasteiger partial charge >= 0.3 is 0 Å². The van der Waals surface area contributed by atoms with Gasteiger partial charge in [-0.05, 0) is 61.8 Å². The molecule has 0 unspecified atom stereocenters. The molecule has 27 heavy (non-hydrogen) atoms. The van der Waals surface area contributed by atoms with Crippen molar-refractivity contribution in [3.8, 4) is 0 Å². The van der Waals surface area contributed by atoms with Crippen molar-refractivity contribution in [3.63, 3.8) is 0 Å². The van der Waals surface area contributed by atoms with Gasteiger partial charge in [0.05, 0.1) is 0 Å². The second-order valence-electron chi connectivity index (χ2n) is 7.81. The summed E-state index contributed by atoms with van der Waals surface area (Å²) < 4.78 is 0. The standard InChI is InChI=1S/C19H26NO.C6H5/c1-2-3-4-19(21)13-15-5-9-17(10-6-15)20-14-16-7-11-18(20)12-8-16;1-2-4-6-5-3-1/h5-6,9,16,18H,2-4,7-8,11-14H2,1H3;1-5H. The van der Waals surface area contributed by atoms with E-state index >= 15 is 0 Å². The molecule has 2 aromatic carbocycles. The van der Waals surface area contributed by atoms with Crippen LogP contribution in [0.15, 0.2) is 48.5 Å². The minimum absolute atomic E-state index is 0.357. The normalized spacial score (nSPS) is 20.7. The molecule has 1 aliphatic carbocycles. The lowest BCUT2D eigenvalue weighted by molar-refractivity contribution is -0.118. The SMILES string of the molecule is CCCCC(=O)Cc1c[c]c(N2CC3CCC2CC3)cc1.[c]1ccccc1. The van der Waals surface area contributed by atoms with Crippen LogP contribution < -0.4 is 4.90 Å². The second kappa shape index (κ2) is 10.3. The molecule has 5 rings (SSSR count). The highest BCUT2D eigenvalue weighted by Gasteiger charge is 2.33. The van der Waals surface area contributed by atoms with E-state index in [-0.39, 0.29) is 0 Å². The van der Waals surface area contributed by atoms with Crippen molar-refractivity contribution in [3.05, 3.63) is 66.2 Å². The lowest BCUT2D eigenvalue weighted by Gasteiger charge is -2.46. The van der Waals surface area contributed by atoms with Crippen LogP contribution in [0.4, 0.5) is 5.69 Å². The molecule has 2 heteroatoms. The molecule has 2 aromatic rings. The number of nitrogens with zero attached hydrogens (tertiary/aromatic N) is 1. The zero-order valence-electron chi connectivity index (χ0n) is 16.5. The molecule has 2 bridgehead atoms. The number of fused-ring (bicyclic) bond motifs is 3. The summed E-state index contributed by atoms with van der Waals surface area (Å²) in [6.07, 6.45) is 8.89. The molecule has 2 aliphatic heterocycles. The van der Waals surface area contributed by atoms with Crippen LogP contribution in [0.3, 0.4) is 0 Å². The molecular weight excluding hydrogens is 330 g/mol. The van der Waals surface area contributed by atoms with E-state index in [4.69, 9.17) is 0 Å². The number of anilines is 1. The molecule has 0 N–H and O–H groups in total. The highest BCUT2D eigenvalue weighted by Crippen LogP contribution is 2.37. The highest BCUT2D eigenvalue weighted by atomic mass is 16.1. The summed E-state index contributed by atoms with van der Waals surface area (Å²) in [6, 6.07) is 23.0. The Morgan fingerprint density at radius 2 is 1.89 bits per heavy atom. The van der Waals surface area contributed by atoms with Crippen LogP contribution in [-0.4, -0.2) is 18.4 Å². The maximum absolute atomic E-state index is 11.8. The third-order valence-corrected chi connectivity index (χ3v) is 5.70. The number of benzene rings is 2. The molecule has 2 radical (unpaired) electrons. The summed E-state index contributed by atoms with van der Waals surface area (Å²) in [5, 5.41) is 0. The zero-order valence-corrected chi connectivity index (χ0v) is 16.5. The third-order valence-electron chi connectivity index (χ3n) is 5.70. The maximum atomic E-state index is 11.8. The fourth-order valence-corrected chi connectivity index (χ4v) is 4.13. The fraction of sp³-hybridized carbons (Fsp3) is 0.480. The Morgan fingerprint density at radius 1 is 1.11 bits per heavy atom. The van der Waals surface area contributed by atoms with Crippen molar-refractivity contribution in [1.29, 1.82) is 0 Å². The molecule has 3 fully saturated rings. The average molecular weight is 362 g/mol. The molecular formula is C25H31NO. The van der Waals surface area contributed by atoms with Gasteiger partial charge in [-0.2, -0.15) is 0 Å². The molecule has 2 heterocycles. The summed E-state index contributed by atoms with van der Waals surface area (Å²) in [7, 11) is 0. The minimum atomic E-state index is 0.357. The van der Waals surface area contributed by atoms with Gasteiger partial charge in [0, 0.05) is 37.2 Å². The molecule has 0 amide bonds. The molecule has 2 nitrogen and oxygen atoms in total. The van der Waals surface area contributed by atoms with Crippen LogP contribution in [0.2, 0.25) is 0 Å². The van der Waals surface area contributed by atoms with Gasteiger partial charge in [-0.1, -0.05) is 49.7 Å². The number of ketones is 1. The van der Waals surface area contributed by atoms with Crippen LogP contribution in [0.5, 0.6) is 0 Å². The molecule has 0 atom stereocenters. The van der Waals surface area contributed by atoms with Gasteiger partial charge in [-0.15, -0.1) is 0 Å². The van der Waals surface area contributed by atoms with Gasteiger partial charge in [-0.25, -0.2) is 0 Å². The van der Waals surface area contributed by atoms with Gasteiger partial charge in [0.2, 0.25) is 0 Å². The molecule has 1 saturated carbocycles. The Hall–Kier alpha value is -2.09. The van der Waals surface area contributed by atoms with Crippen molar-refractivity contribution < 1.29 is 4.79 Å². The Morgan fingerprint density at radius 3 is 2.37 bits per heavy atom. The summed E-state index contributed by atoms with van der Waals surface area (Å²) in [5.74, 6) is 1.24. The molecule has 0 spiro atoms. The topological polar surface area (TPSA) is 20.3 Å². The highest BCUT2D eigenvalue weighted by molar-refractivity contribution is 5.80. The first-order chi connectivity index (χ1) is 13.3. The summed E-state index contributed by atoms with van der Waals surface area (Å²) >= 11 is 0. The van der Waals surface area contributed by atoms with Gasteiger partial charge in [0.1, 0.15) is 5.78 Å². The minimum Gasteiger partial charge on any atom is -0.368 e. The fourth-order valence-electron chi connectivity index (χ4n) is 4.13. The number of Topliss-reactive ketones (excluding diaryl/α,β-unsaturated/α-hetero) is 1. The number of unbranched alkanes of at least 4 members (excludes halogenated alkanes) is 1. The van der Waals surface area contributed by atoms with Crippen molar-refractivity contribution in [2.75, 3.05) is 11.4 Å². The van der Waals surface area contributed by atoms with Crippen LogP contribution in [-0.2, 0) is 11.2 Å². The van der Waals surface area contributed by atoms with Crippen LogP contribution in [0.25, 0.3) is 0 Å². The number of carbonyl (C=O) groups is 1. The van der Waals surface area contributed by atoms with Crippen molar-refractivity contribution in [2.24, 2.45) is 5.92 Å². The van der Waals surface area contributed by atoms with Crippen molar-refractivity contribution in [1.82, 2.24) is 0 Å². The molecule has 2 saturated heterocycles. The summed E-state index contributed by atoms with van der Waals surface area (Å²) in [6.45, 7) is 3.33. The largest absolute Gasteiger partial charge is 0.368 e. The molecule has 0 aromatic heterocycles. The van der Waals surface area contributed by atoms with E-state index in [9.17, 15) is 4.79 Å². The van der Waals surface area contributed by atoms with E-state index in [2.05, 4.69) is 36.1 Å². The van der Waals surface area contributed by atoms with Gasteiger partial charge in [0.15, 0.2) is 0 Å². The first kappa shape index (κ1) is 19.7. The monoisotopic (exact) mass is 361 g/mol. The number of carbonyl (C=O) groups excluding carboxylic acids is 1. The Balaban J connectivity index is 0.000000299. The van der Waals surface area contributed by atoms with E-state index in [0.29, 0.717) is 18.6 Å². The lowest BCUT2D eigenvalue weighted by atomic mass is 9.79. The third kappa shape index (κ3) is 5.95. The number of rotatable bonds is 6. The Bertz CT molecular complexity index is 645. The zero-order chi connectivity index (χ0) is 18.9. The van der Waals surface area contributed by atoms with Crippen molar-refractivity contribution in [2.45, 2.75) is 64.3 Å². The summed E-state index contributed by atoms with van der Waals surface area (Å²) in [5.41, 5.74) is 2.34. The van der Waals surface area contributed by atoms with Crippen molar-refractivity contribution >= 4 is 11.5 Å². The van der Waals surface area contributed by atoms with E-state index < -0.39 is 0 Å². The first-order valence-corrected chi connectivity index (χ1v) is 10.5. The molecule has 142 valence electrons. The quantitative estimate of drug-likeness (QED) is 0.662. The van der Waals surface area contributed by atoms with E-state index in [1.54, 1.807) is 0 Å². The Labute approximate surface area is 164 Å². The predicted octanol–water partition coefficient (Wildman–Crippen LogP) is 5.65. The smallest absolute Gasteiger partial charge is 0.137 e. The first-order valence-electron chi connectivity index (χ1n) is 10.5. The summed E-state index contributed by atoms with van der Waals surface area (Å²) in [4.78, 5) is 14.4. The van der Waals surface area contributed by atoms with E-state index in [1.807, 2.05) is 36.4 Å². The van der Waals surface area contributed by atoms with E-state index in [0.717, 1.165) is 30.4 Å². The van der Waals surface area contributed by atoms with E-state index in [1.165, 1.54) is 37.9 Å². The van der Waals surface area contributed by atoms with Gasteiger partial charge < -0.3 is 4.90 Å². The lowest BCUT2D eigenvalue weighted by Crippen LogP contribution is -2.48. The van der Waals surface area contributed by atoms with Crippen LogP contribution in [0, 0.1) is 18.1 Å². The average Bonchev–Trinajstić information content (AvgIpc) is 2.75. The Kier molecular flexibility index (Phi) is 7.50.